The zero-order chi connectivity index (χ0) is 22.5. The van der Waals surface area contributed by atoms with Gasteiger partial charge in [0.15, 0.2) is 9.84 Å². The summed E-state index contributed by atoms with van der Waals surface area (Å²) in [4.78, 5) is 25.4. The number of carbonyl (C=O) groups excluding carboxylic acids is 2. The molecule has 31 heavy (non-hydrogen) atoms. The highest BCUT2D eigenvalue weighted by molar-refractivity contribution is 7.92. The van der Waals surface area contributed by atoms with E-state index in [1.54, 1.807) is 24.7 Å². The van der Waals surface area contributed by atoms with Gasteiger partial charge in [-0.15, -0.1) is 11.3 Å². The molecule has 0 spiro atoms. The predicted octanol–water partition coefficient (Wildman–Crippen LogP) is 2.65. The molecule has 0 aliphatic carbocycles. The molecule has 0 saturated carbocycles. The lowest BCUT2D eigenvalue weighted by Crippen LogP contribution is -2.43. The van der Waals surface area contributed by atoms with E-state index in [1.807, 2.05) is 24.3 Å². The molecule has 1 aromatic carbocycles. The van der Waals surface area contributed by atoms with E-state index in [0.29, 0.717) is 42.8 Å². The van der Waals surface area contributed by atoms with Crippen LogP contribution in [-0.4, -0.2) is 44.8 Å². The molecule has 2 aromatic rings. The van der Waals surface area contributed by atoms with E-state index in [1.165, 1.54) is 11.3 Å². The van der Waals surface area contributed by atoms with Gasteiger partial charge in [-0.1, -0.05) is 18.6 Å². The van der Waals surface area contributed by atoms with Gasteiger partial charge in [-0.25, -0.2) is 13.9 Å². The average molecular weight is 466 g/mol. The summed E-state index contributed by atoms with van der Waals surface area (Å²) in [6, 6.07) is 11.0. The van der Waals surface area contributed by atoms with Crippen LogP contribution < -0.4 is 16.1 Å². The Bertz CT molecular complexity index is 1050. The van der Waals surface area contributed by atoms with Gasteiger partial charge in [0.2, 0.25) is 11.8 Å². The molecule has 1 aliphatic rings. The van der Waals surface area contributed by atoms with Gasteiger partial charge in [-0.05, 0) is 49.7 Å². The summed E-state index contributed by atoms with van der Waals surface area (Å²) in [5, 5.41) is 14.8. The van der Waals surface area contributed by atoms with Crippen molar-refractivity contribution in [1.29, 1.82) is 0 Å². The van der Waals surface area contributed by atoms with Crippen LogP contribution in [0.5, 0.6) is 0 Å². The summed E-state index contributed by atoms with van der Waals surface area (Å²) >= 11 is 1.32. The third kappa shape index (κ3) is 5.15. The molecule has 0 radical (unpaired) electrons. The van der Waals surface area contributed by atoms with Gasteiger partial charge in [0, 0.05) is 28.4 Å². The second-order valence-electron chi connectivity index (χ2n) is 7.63. The van der Waals surface area contributed by atoms with Crippen LogP contribution in [0.3, 0.4) is 0 Å². The molecular formula is C21H27N3O5S2. The summed E-state index contributed by atoms with van der Waals surface area (Å²) in [5.41, 5.74) is 3.09. The molecule has 3 rings (SSSR count). The first-order valence-electron chi connectivity index (χ1n) is 10.1. The fraction of sp³-hybridized carbons (Fsp3) is 0.429. The Hall–Kier alpha value is -2.27. The fourth-order valence-corrected chi connectivity index (χ4v) is 7.64. The number of benzene rings is 1. The molecule has 0 bridgehead atoms. The van der Waals surface area contributed by atoms with Crippen molar-refractivity contribution in [2.45, 2.75) is 36.9 Å². The van der Waals surface area contributed by atoms with E-state index >= 15 is 0 Å². The van der Waals surface area contributed by atoms with Crippen LogP contribution in [0.2, 0.25) is 0 Å². The lowest BCUT2D eigenvalue weighted by Gasteiger charge is -2.35. The van der Waals surface area contributed by atoms with Gasteiger partial charge < -0.3 is 10.6 Å². The normalized spacial score (nSPS) is 20.2. The van der Waals surface area contributed by atoms with E-state index in [2.05, 4.69) is 10.6 Å². The van der Waals surface area contributed by atoms with Gasteiger partial charge in [0.25, 0.3) is 0 Å². The van der Waals surface area contributed by atoms with Gasteiger partial charge in [-0.2, -0.15) is 0 Å². The Labute approximate surface area is 185 Å². The Morgan fingerprint density at radius 1 is 1.16 bits per heavy atom. The number of rotatable bonds is 8. The van der Waals surface area contributed by atoms with Crippen LogP contribution in [0.15, 0.2) is 36.4 Å². The van der Waals surface area contributed by atoms with Crippen LogP contribution in [0.4, 0.5) is 5.69 Å². The molecule has 10 heteroatoms. The van der Waals surface area contributed by atoms with Crippen molar-refractivity contribution < 1.29 is 23.2 Å². The van der Waals surface area contributed by atoms with Crippen LogP contribution in [0, 0.1) is 0 Å². The Balaban J connectivity index is 1.91. The highest BCUT2D eigenvalue weighted by atomic mass is 32.2. The standard InChI is InChI=1S/C21H27N3O5S2/c1-22-11-9-19(25)23-16-6-4-5-15(13-16)17-7-8-18(30-17)21(14-20(26)24-27)10-2-3-12-31(21,28)29/h4-8,13,22,27H,2-3,9-12,14H2,1H3,(H,23,25)(H,24,26)/t21-/m0/s1. The van der Waals surface area contributed by atoms with Crippen LogP contribution >= 0.6 is 11.3 Å². The molecule has 0 unspecified atom stereocenters. The molecule has 1 saturated heterocycles. The molecule has 8 nitrogen and oxygen atoms in total. The van der Waals surface area contributed by atoms with Gasteiger partial charge in [0.1, 0.15) is 4.75 Å². The van der Waals surface area contributed by atoms with Crippen molar-refractivity contribution in [3.8, 4) is 10.4 Å². The largest absolute Gasteiger partial charge is 0.326 e. The van der Waals surface area contributed by atoms with Gasteiger partial charge in [-0.3, -0.25) is 14.8 Å². The van der Waals surface area contributed by atoms with E-state index in [0.717, 1.165) is 10.4 Å². The Morgan fingerprint density at radius 2 is 1.97 bits per heavy atom. The quantitative estimate of drug-likeness (QED) is 0.351. The van der Waals surface area contributed by atoms with E-state index in [4.69, 9.17) is 5.21 Å². The molecule has 1 aromatic heterocycles. The molecule has 2 heterocycles. The molecule has 1 fully saturated rings. The SMILES string of the molecule is CNCCC(=O)Nc1cccc(-c2ccc([C@@]3(CC(=O)NO)CCCCS3(=O)=O)s2)c1. The molecule has 1 aliphatic heterocycles. The first-order valence-corrected chi connectivity index (χ1v) is 12.6. The summed E-state index contributed by atoms with van der Waals surface area (Å²) in [5.74, 6) is -0.792. The maximum Gasteiger partial charge on any atom is 0.245 e. The number of hydrogen-bond acceptors (Lipinski definition) is 7. The summed E-state index contributed by atoms with van der Waals surface area (Å²) in [6.45, 7) is 0.581. The Morgan fingerprint density at radius 3 is 2.68 bits per heavy atom. The number of thiophene rings is 1. The summed E-state index contributed by atoms with van der Waals surface area (Å²) in [7, 11) is -1.79. The van der Waals surface area contributed by atoms with Crippen molar-refractivity contribution in [2.75, 3.05) is 24.7 Å². The second-order valence-corrected chi connectivity index (χ2v) is 11.1. The second kappa shape index (κ2) is 9.90. The molecule has 2 amide bonds. The number of nitrogens with one attached hydrogen (secondary N) is 3. The smallest absolute Gasteiger partial charge is 0.245 e. The number of amides is 2. The molecule has 4 N–H and O–H groups in total. The maximum atomic E-state index is 13.1. The highest BCUT2D eigenvalue weighted by Crippen LogP contribution is 2.47. The summed E-state index contributed by atoms with van der Waals surface area (Å²) < 4.78 is 24.8. The number of sulfone groups is 1. The molecular weight excluding hydrogens is 438 g/mol. The van der Waals surface area contributed by atoms with Crippen LogP contribution in [0.1, 0.15) is 37.0 Å². The van der Waals surface area contributed by atoms with Crippen molar-refractivity contribution >= 4 is 38.7 Å². The zero-order valence-corrected chi connectivity index (χ0v) is 18.9. The first kappa shape index (κ1) is 23.4. The van der Waals surface area contributed by atoms with Gasteiger partial charge in [0.05, 0.1) is 12.2 Å². The maximum absolute atomic E-state index is 13.1. The van der Waals surface area contributed by atoms with Crippen LogP contribution in [-0.2, 0) is 24.2 Å². The summed E-state index contributed by atoms with van der Waals surface area (Å²) in [6.07, 6.45) is 1.65. The zero-order valence-electron chi connectivity index (χ0n) is 17.3. The lowest BCUT2D eigenvalue weighted by atomic mass is 9.94. The van der Waals surface area contributed by atoms with Gasteiger partial charge >= 0.3 is 0 Å². The number of carbonyl (C=O) groups is 2. The minimum atomic E-state index is -3.57. The first-order chi connectivity index (χ1) is 14.8. The van der Waals surface area contributed by atoms with Crippen molar-refractivity contribution in [1.82, 2.24) is 10.8 Å². The van der Waals surface area contributed by atoms with Crippen LogP contribution in [0.25, 0.3) is 10.4 Å². The molecule has 1 atom stereocenters. The minimum Gasteiger partial charge on any atom is -0.326 e. The van der Waals surface area contributed by atoms with Crippen molar-refractivity contribution in [3.63, 3.8) is 0 Å². The van der Waals surface area contributed by atoms with E-state index in [-0.39, 0.29) is 18.1 Å². The predicted molar refractivity (Wildman–Crippen MR) is 121 cm³/mol. The minimum absolute atomic E-state index is 0.0209. The fourth-order valence-electron chi connectivity index (χ4n) is 3.86. The van der Waals surface area contributed by atoms with Crippen molar-refractivity contribution in [2.24, 2.45) is 0 Å². The lowest BCUT2D eigenvalue weighted by molar-refractivity contribution is -0.130. The Kier molecular flexibility index (Phi) is 7.47. The molecule has 168 valence electrons. The van der Waals surface area contributed by atoms with E-state index in [9.17, 15) is 18.0 Å². The highest BCUT2D eigenvalue weighted by Gasteiger charge is 2.49. The third-order valence-corrected chi connectivity index (χ3v) is 9.55. The number of hydrogen-bond donors (Lipinski definition) is 4. The number of anilines is 1. The monoisotopic (exact) mass is 465 g/mol. The number of hydroxylamine groups is 1. The van der Waals surface area contributed by atoms with E-state index < -0.39 is 20.5 Å². The average Bonchev–Trinajstić information content (AvgIpc) is 3.24. The third-order valence-electron chi connectivity index (χ3n) is 5.50. The topological polar surface area (TPSA) is 125 Å². The van der Waals surface area contributed by atoms with Crippen molar-refractivity contribution in [3.05, 3.63) is 41.3 Å².